The lowest BCUT2D eigenvalue weighted by atomic mass is 10.1. The number of hydrogen-bond donors (Lipinski definition) is 1. The minimum absolute atomic E-state index is 0.0216. The van der Waals surface area contributed by atoms with Crippen molar-refractivity contribution >= 4 is 23.6 Å². The van der Waals surface area contributed by atoms with Crippen LogP contribution in [-0.2, 0) is 4.79 Å². The Morgan fingerprint density at radius 3 is 2.47 bits per heavy atom. The molecule has 3 unspecified atom stereocenters. The number of ether oxygens (including phenoxy) is 1. The molecule has 30 heavy (non-hydrogen) atoms. The number of carbonyl (C=O) groups excluding carboxylic acids is 2. The summed E-state index contributed by atoms with van der Waals surface area (Å²) in [5.74, 6) is 1.21. The van der Waals surface area contributed by atoms with Crippen molar-refractivity contribution < 1.29 is 14.3 Å². The fourth-order valence-corrected chi connectivity index (χ4v) is 5.16. The standard InChI is InChI=1S/C23H37N3O3S/c1-6-21-26(23(28)18-11-13-19(29-5)14-12-18)20(16-30-21)22(27)24-17(4)10-9-15-25(7-2)8-3/h11-14,17,20-21H,6-10,15-16H2,1-5H3,(H,24,27). The van der Waals surface area contributed by atoms with E-state index in [1.165, 1.54) is 0 Å². The average Bonchev–Trinajstić information content (AvgIpc) is 3.20. The Kier molecular flexibility index (Phi) is 9.98. The first kappa shape index (κ1) is 24.5. The molecule has 2 amide bonds. The Labute approximate surface area is 185 Å². The highest BCUT2D eigenvalue weighted by atomic mass is 32.2. The fraction of sp³-hybridized carbons (Fsp3) is 0.652. The summed E-state index contributed by atoms with van der Waals surface area (Å²) in [6, 6.07) is 6.76. The Morgan fingerprint density at radius 1 is 1.23 bits per heavy atom. The van der Waals surface area contributed by atoms with Crippen LogP contribution in [0.1, 0.15) is 57.3 Å². The minimum Gasteiger partial charge on any atom is -0.497 e. The maximum absolute atomic E-state index is 13.2. The number of rotatable bonds is 11. The van der Waals surface area contributed by atoms with Crippen molar-refractivity contribution in [3.8, 4) is 5.75 Å². The quantitative estimate of drug-likeness (QED) is 0.575. The second-order valence-electron chi connectivity index (χ2n) is 7.73. The molecule has 1 saturated heterocycles. The molecule has 1 fully saturated rings. The van der Waals surface area contributed by atoms with Gasteiger partial charge >= 0.3 is 0 Å². The maximum Gasteiger partial charge on any atom is 0.255 e. The zero-order chi connectivity index (χ0) is 22.1. The highest BCUT2D eigenvalue weighted by molar-refractivity contribution is 8.00. The van der Waals surface area contributed by atoms with Gasteiger partial charge in [0.1, 0.15) is 11.8 Å². The molecular weight excluding hydrogens is 398 g/mol. The first-order chi connectivity index (χ1) is 14.4. The molecule has 168 valence electrons. The summed E-state index contributed by atoms with van der Waals surface area (Å²) >= 11 is 1.69. The van der Waals surface area contributed by atoms with E-state index < -0.39 is 6.04 Å². The normalized spacial score (nSPS) is 19.7. The highest BCUT2D eigenvalue weighted by Gasteiger charge is 2.41. The second-order valence-corrected chi connectivity index (χ2v) is 8.94. The van der Waals surface area contributed by atoms with Crippen molar-refractivity contribution in [3.63, 3.8) is 0 Å². The van der Waals surface area contributed by atoms with Crippen LogP contribution in [0.25, 0.3) is 0 Å². The van der Waals surface area contributed by atoms with Crippen LogP contribution in [0.2, 0.25) is 0 Å². The summed E-state index contributed by atoms with van der Waals surface area (Å²) in [5.41, 5.74) is 0.585. The van der Waals surface area contributed by atoms with Crippen molar-refractivity contribution in [2.24, 2.45) is 0 Å². The van der Waals surface area contributed by atoms with Gasteiger partial charge in [0.2, 0.25) is 5.91 Å². The largest absolute Gasteiger partial charge is 0.497 e. The molecule has 0 bridgehead atoms. The van der Waals surface area contributed by atoms with E-state index in [2.05, 4.69) is 37.9 Å². The molecule has 2 rings (SSSR count). The number of benzene rings is 1. The lowest BCUT2D eigenvalue weighted by Gasteiger charge is -2.29. The molecule has 0 spiro atoms. The summed E-state index contributed by atoms with van der Waals surface area (Å²) in [4.78, 5) is 30.4. The van der Waals surface area contributed by atoms with E-state index >= 15 is 0 Å². The van der Waals surface area contributed by atoms with E-state index in [4.69, 9.17) is 4.74 Å². The second kappa shape index (κ2) is 12.2. The monoisotopic (exact) mass is 435 g/mol. The van der Waals surface area contributed by atoms with Crippen LogP contribution in [0.15, 0.2) is 24.3 Å². The van der Waals surface area contributed by atoms with Gasteiger partial charge in [-0.3, -0.25) is 9.59 Å². The minimum atomic E-state index is -0.431. The zero-order valence-electron chi connectivity index (χ0n) is 19.0. The number of amides is 2. The Morgan fingerprint density at radius 2 is 1.90 bits per heavy atom. The molecular formula is C23H37N3O3S. The summed E-state index contributed by atoms with van der Waals surface area (Å²) < 4.78 is 5.18. The molecule has 0 aliphatic carbocycles. The predicted molar refractivity (Wildman–Crippen MR) is 124 cm³/mol. The van der Waals surface area contributed by atoms with E-state index in [9.17, 15) is 9.59 Å². The number of thioether (sulfide) groups is 1. The highest BCUT2D eigenvalue weighted by Crippen LogP contribution is 2.33. The first-order valence-electron chi connectivity index (χ1n) is 11.1. The smallest absolute Gasteiger partial charge is 0.255 e. The molecule has 1 heterocycles. The third-order valence-electron chi connectivity index (χ3n) is 5.71. The lowest BCUT2D eigenvalue weighted by Crippen LogP contribution is -2.51. The average molecular weight is 436 g/mol. The van der Waals surface area contributed by atoms with Gasteiger partial charge in [-0.2, -0.15) is 0 Å². The van der Waals surface area contributed by atoms with Gasteiger partial charge in [-0.15, -0.1) is 11.8 Å². The summed E-state index contributed by atoms with van der Waals surface area (Å²) in [5, 5.41) is 3.17. The molecule has 1 aliphatic rings. The molecule has 7 heteroatoms. The van der Waals surface area contributed by atoms with Crippen LogP contribution < -0.4 is 10.1 Å². The molecule has 1 aliphatic heterocycles. The Bertz CT molecular complexity index is 679. The van der Waals surface area contributed by atoms with Crippen LogP contribution in [0.5, 0.6) is 5.75 Å². The molecule has 3 atom stereocenters. The van der Waals surface area contributed by atoms with Gasteiger partial charge in [0.25, 0.3) is 5.91 Å². The van der Waals surface area contributed by atoms with Crippen molar-refractivity contribution in [1.82, 2.24) is 15.1 Å². The Balaban J connectivity index is 1.99. The van der Waals surface area contributed by atoms with E-state index in [1.807, 2.05) is 0 Å². The van der Waals surface area contributed by atoms with Crippen LogP contribution in [0.3, 0.4) is 0 Å². The molecule has 0 aromatic heterocycles. The van der Waals surface area contributed by atoms with Gasteiger partial charge in [0.05, 0.1) is 12.5 Å². The van der Waals surface area contributed by atoms with Crippen molar-refractivity contribution in [2.45, 2.75) is 64.4 Å². The van der Waals surface area contributed by atoms with Gasteiger partial charge in [0, 0.05) is 17.4 Å². The van der Waals surface area contributed by atoms with Crippen molar-refractivity contribution in [2.75, 3.05) is 32.5 Å². The molecule has 6 nitrogen and oxygen atoms in total. The van der Waals surface area contributed by atoms with Crippen LogP contribution in [-0.4, -0.2) is 71.6 Å². The van der Waals surface area contributed by atoms with E-state index in [0.29, 0.717) is 17.1 Å². The van der Waals surface area contributed by atoms with E-state index in [-0.39, 0.29) is 23.2 Å². The summed E-state index contributed by atoms with van der Waals surface area (Å²) in [6.45, 7) is 11.6. The SMILES string of the molecule is CCC1SCC(C(=O)NC(C)CCCN(CC)CC)N1C(=O)c1ccc(OC)cc1. The topological polar surface area (TPSA) is 61.9 Å². The number of nitrogens with one attached hydrogen (secondary N) is 1. The third-order valence-corrected chi connectivity index (χ3v) is 7.16. The van der Waals surface area contributed by atoms with Crippen LogP contribution >= 0.6 is 11.8 Å². The van der Waals surface area contributed by atoms with E-state index in [0.717, 1.165) is 38.9 Å². The van der Waals surface area contributed by atoms with Gasteiger partial charge in [-0.25, -0.2) is 0 Å². The van der Waals surface area contributed by atoms with Crippen LogP contribution in [0, 0.1) is 0 Å². The van der Waals surface area contributed by atoms with Crippen molar-refractivity contribution in [3.05, 3.63) is 29.8 Å². The molecule has 1 aromatic carbocycles. The predicted octanol–water partition coefficient (Wildman–Crippen LogP) is 3.62. The number of carbonyl (C=O) groups is 2. The van der Waals surface area contributed by atoms with Gasteiger partial charge in [-0.1, -0.05) is 20.8 Å². The number of methoxy groups -OCH3 is 1. The van der Waals surface area contributed by atoms with Gasteiger partial charge in [-0.05, 0) is 70.1 Å². The van der Waals surface area contributed by atoms with E-state index in [1.54, 1.807) is 48.0 Å². The summed E-state index contributed by atoms with van der Waals surface area (Å²) in [6.07, 6.45) is 2.80. The van der Waals surface area contributed by atoms with Crippen molar-refractivity contribution in [1.29, 1.82) is 0 Å². The molecule has 0 saturated carbocycles. The Hall–Kier alpha value is -1.73. The lowest BCUT2D eigenvalue weighted by molar-refractivity contribution is -0.125. The molecule has 1 aromatic rings. The molecule has 1 N–H and O–H groups in total. The third kappa shape index (κ3) is 6.38. The zero-order valence-corrected chi connectivity index (χ0v) is 19.8. The van der Waals surface area contributed by atoms with Gasteiger partial charge < -0.3 is 19.9 Å². The fourth-order valence-electron chi connectivity index (χ4n) is 3.81. The van der Waals surface area contributed by atoms with Gasteiger partial charge in [0.15, 0.2) is 0 Å². The number of hydrogen-bond acceptors (Lipinski definition) is 5. The number of nitrogens with zero attached hydrogens (tertiary/aromatic N) is 2. The summed E-state index contributed by atoms with van der Waals surface area (Å²) in [7, 11) is 1.60. The van der Waals surface area contributed by atoms with Crippen LogP contribution in [0.4, 0.5) is 0 Å². The first-order valence-corrected chi connectivity index (χ1v) is 12.1. The molecule has 0 radical (unpaired) electrons. The maximum atomic E-state index is 13.2.